The molecular weight excluding hydrogens is 581 g/mol. The van der Waals surface area contributed by atoms with Gasteiger partial charge in [0.1, 0.15) is 0 Å². The molecule has 1 aliphatic rings. The molecule has 0 bridgehead atoms. The van der Waals surface area contributed by atoms with Gasteiger partial charge in [0.05, 0.1) is 22.4 Å². The summed E-state index contributed by atoms with van der Waals surface area (Å²) in [6.45, 7) is 9.34. The van der Waals surface area contributed by atoms with Crippen LogP contribution in [0.3, 0.4) is 0 Å². The van der Waals surface area contributed by atoms with Gasteiger partial charge in [0.2, 0.25) is 0 Å². The number of nitrogens with zero attached hydrogens (tertiary/aromatic N) is 2. The molecule has 3 nitrogen and oxygen atoms in total. The number of hydrogen-bond donors (Lipinski definition) is 0. The van der Waals surface area contributed by atoms with Gasteiger partial charge in [0, 0.05) is 53.5 Å². The second-order valence-electron chi connectivity index (χ2n) is 13.6. The number of aromatic nitrogens is 2. The van der Waals surface area contributed by atoms with Gasteiger partial charge in [-0.1, -0.05) is 88.4 Å². The summed E-state index contributed by atoms with van der Waals surface area (Å²) in [7, 11) is 0. The fraction of sp³-hybridized carbons (Fsp3) is 0.143. The van der Waals surface area contributed by atoms with E-state index in [1.807, 2.05) is 24.3 Å². The summed E-state index contributed by atoms with van der Waals surface area (Å²) in [5, 5.41) is 4.05. The molecule has 0 unspecified atom stereocenters. The Labute approximate surface area is 271 Å². The zero-order chi connectivity index (χ0) is 31.4. The summed E-state index contributed by atoms with van der Waals surface area (Å²) in [6, 6.07) is 40.8. The van der Waals surface area contributed by atoms with E-state index in [4.69, 9.17) is 0 Å². The molecule has 0 saturated heterocycles. The first-order chi connectivity index (χ1) is 22.2. The van der Waals surface area contributed by atoms with Crippen LogP contribution >= 0.6 is 11.3 Å². The molecule has 0 fully saturated rings. The molecule has 0 aliphatic heterocycles. The summed E-state index contributed by atoms with van der Waals surface area (Å²) >= 11 is 1.70. The van der Waals surface area contributed by atoms with Gasteiger partial charge in [-0.2, -0.15) is 0 Å². The molecule has 0 N–H and O–H groups in total. The van der Waals surface area contributed by atoms with Crippen molar-refractivity contribution < 1.29 is 0 Å². The quantitative estimate of drug-likeness (QED) is 0.182. The van der Waals surface area contributed by atoms with Crippen LogP contribution in [-0.4, -0.2) is 9.55 Å². The van der Waals surface area contributed by atoms with Crippen molar-refractivity contribution in [2.75, 3.05) is 0 Å². The third-order valence-corrected chi connectivity index (χ3v) is 11.4. The topological polar surface area (TPSA) is 34.9 Å². The lowest BCUT2D eigenvalue weighted by Crippen LogP contribution is -2.37. The molecule has 46 heavy (non-hydrogen) atoms. The van der Waals surface area contributed by atoms with E-state index in [1.54, 1.807) is 17.5 Å². The largest absolute Gasteiger partial charge is 0.309 e. The van der Waals surface area contributed by atoms with Crippen LogP contribution in [0.4, 0.5) is 0 Å². The molecule has 3 aromatic heterocycles. The van der Waals surface area contributed by atoms with Gasteiger partial charge in [0.15, 0.2) is 5.43 Å². The first-order valence-corrected chi connectivity index (χ1v) is 16.7. The van der Waals surface area contributed by atoms with Crippen LogP contribution in [0.15, 0.2) is 126 Å². The van der Waals surface area contributed by atoms with Gasteiger partial charge in [-0.15, -0.1) is 11.3 Å². The van der Waals surface area contributed by atoms with E-state index >= 15 is 0 Å². The van der Waals surface area contributed by atoms with Crippen molar-refractivity contribution in [3.8, 4) is 16.9 Å². The lowest BCUT2D eigenvalue weighted by molar-refractivity contribution is 0.520. The molecule has 4 heteroatoms. The summed E-state index contributed by atoms with van der Waals surface area (Å²) in [5.74, 6) is 0. The van der Waals surface area contributed by atoms with E-state index in [2.05, 4.69) is 128 Å². The van der Waals surface area contributed by atoms with Gasteiger partial charge >= 0.3 is 0 Å². The van der Waals surface area contributed by atoms with Crippen LogP contribution in [0.2, 0.25) is 0 Å². The first kappa shape index (κ1) is 27.3. The second kappa shape index (κ2) is 9.48. The molecular formula is C42H32N2OS. The van der Waals surface area contributed by atoms with Crippen molar-refractivity contribution in [3.05, 3.63) is 154 Å². The number of para-hydroxylation sites is 2. The minimum atomic E-state index is -0.362. The predicted octanol–water partition coefficient (Wildman–Crippen LogP) is 10.5. The zero-order valence-electron chi connectivity index (χ0n) is 26.3. The van der Waals surface area contributed by atoms with Crippen molar-refractivity contribution in [1.29, 1.82) is 0 Å². The van der Waals surface area contributed by atoms with E-state index < -0.39 is 0 Å². The van der Waals surface area contributed by atoms with Gasteiger partial charge < -0.3 is 4.57 Å². The summed E-state index contributed by atoms with van der Waals surface area (Å²) < 4.78 is 4.48. The molecule has 3 heterocycles. The van der Waals surface area contributed by atoms with E-state index in [9.17, 15) is 4.79 Å². The Morgan fingerprint density at radius 3 is 1.98 bits per heavy atom. The fourth-order valence-corrected chi connectivity index (χ4v) is 9.07. The smallest absolute Gasteiger partial charge is 0.195 e. The molecule has 0 amide bonds. The molecule has 1 aliphatic carbocycles. The maximum atomic E-state index is 14.3. The first-order valence-electron chi connectivity index (χ1n) is 15.8. The highest BCUT2D eigenvalue weighted by atomic mass is 32.1. The van der Waals surface area contributed by atoms with Crippen molar-refractivity contribution in [1.82, 2.24) is 9.55 Å². The number of rotatable bonds is 2. The maximum Gasteiger partial charge on any atom is 0.195 e. The lowest BCUT2D eigenvalue weighted by Gasteiger charge is -2.45. The van der Waals surface area contributed by atoms with Crippen LogP contribution in [0.25, 0.3) is 58.9 Å². The Morgan fingerprint density at radius 1 is 0.587 bits per heavy atom. The van der Waals surface area contributed by atoms with Crippen molar-refractivity contribution in [2.24, 2.45) is 0 Å². The van der Waals surface area contributed by atoms with Crippen LogP contribution in [0.1, 0.15) is 49.9 Å². The lowest BCUT2D eigenvalue weighted by atomic mass is 9.59. The highest BCUT2D eigenvalue weighted by Crippen LogP contribution is 2.53. The zero-order valence-corrected chi connectivity index (χ0v) is 27.1. The Hall–Kier alpha value is -5.06. The van der Waals surface area contributed by atoms with Gasteiger partial charge in [0.25, 0.3) is 0 Å². The van der Waals surface area contributed by atoms with Crippen molar-refractivity contribution in [2.45, 2.75) is 38.5 Å². The van der Waals surface area contributed by atoms with Gasteiger partial charge in [-0.3, -0.25) is 9.78 Å². The van der Waals surface area contributed by atoms with Crippen molar-refractivity contribution in [3.63, 3.8) is 0 Å². The monoisotopic (exact) mass is 612 g/mol. The van der Waals surface area contributed by atoms with E-state index in [1.165, 1.54) is 49.7 Å². The standard InChI is InChI=1S/C42H32N2OS/c1-41(2)30-14-11-18-36(44-34-16-7-5-12-26(34)27-13-6-8-17-35(27)44)39(30)42(3,4)31-23-29-38(24-32(31)41)46-37-20-19-25(22-28(37)40(29)45)33-15-9-10-21-43-33/h5-24H,1-4H3. The molecule has 5 aromatic carbocycles. The maximum absolute atomic E-state index is 14.3. The average Bonchev–Trinajstić information content (AvgIpc) is 3.41. The summed E-state index contributed by atoms with van der Waals surface area (Å²) in [4.78, 5) is 18.8. The van der Waals surface area contributed by atoms with E-state index in [0.29, 0.717) is 0 Å². The molecule has 9 rings (SSSR count). The number of hydrogen-bond acceptors (Lipinski definition) is 3. The van der Waals surface area contributed by atoms with Crippen LogP contribution in [-0.2, 0) is 10.8 Å². The van der Waals surface area contributed by atoms with Crippen LogP contribution < -0.4 is 5.43 Å². The summed E-state index contributed by atoms with van der Waals surface area (Å²) in [6.07, 6.45) is 1.79. The predicted molar refractivity (Wildman–Crippen MR) is 194 cm³/mol. The van der Waals surface area contributed by atoms with E-state index in [0.717, 1.165) is 31.4 Å². The average molecular weight is 613 g/mol. The number of fused-ring (bicyclic) bond motifs is 7. The molecule has 0 radical (unpaired) electrons. The third kappa shape index (κ3) is 3.65. The summed E-state index contributed by atoms with van der Waals surface area (Å²) in [5.41, 5.74) is 10.0. The second-order valence-corrected chi connectivity index (χ2v) is 14.7. The Balaban J connectivity index is 1.32. The number of pyridine rings is 1. The Kier molecular flexibility index (Phi) is 5.62. The van der Waals surface area contributed by atoms with Crippen LogP contribution in [0, 0.1) is 0 Å². The fourth-order valence-electron chi connectivity index (χ4n) is 7.99. The SMILES string of the molecule is CC1(C)c2cc3sc4ccc(-c5ccccn5)cc4c(=O)c3cc2C(C)(C)c2c(-n3c4ccccc4c4ccccc43)cccc21. The normalized spacial score (nSPS) is 15.0. The Morgan fingerprint density at radius 2 is 1.26 bits per heavy atom. The molecule has 0 spiro atoms. The highest BCUT2D eigenvalue weighted by molar-refractivity contribution is 7.24. The number of benzene rings is 5. The minimum absolute atomic E-state index is 0.0828. The molecule has 222 valence electrons. The Bertz CT molecular complexity index is 2550. The van der Waals surface area contributed by atoms with Gasteiger partial charge in [-0.25, -0.2) is 0 Å². The molecule has 8 aromatic rings. The van der Waals surface area contributed by atoms with Crippen molar-refractivity contribution >= 4 is 53.3 Å². The van der Waals surface area contributed by atoms with Crippen LogP contribution in [0.5, 0.6) is 0 Å². The minimum Gasteiger partial charge on any atom is -0.309 e. The van der Waals surface area contributed by atoms with E-state index in [-0.39, 0.29) is 16.3 Å². The molecule has 0 saturated carbocycles. The van der Waals surface area contributed by atoms with Gasteiger partial charge in [-0.05, 0) is 76.9 Å². The molecule has 0 atom stereocenters. The highest BCUT2D eigenvalue weighted by Gasteiger charge is 2.44. The third-order valence-electron chi connectivity index (χ3n) is 10.3.